The molecule has 1 fully saturated rings. The van der Waals surface area contributed by atoms with E-state index >= 15 is 0 Å². The Balaban J connectivity index is 2.35. The Kier molecular flexibility index (Phi) is 4.48. The van der Waals surface area contributed by atoms with Crippen molar-refractivity contribution in [2.75, 3.05) is 39.1 Å². The molecule has 0 amide bonds. The number of methoxy groups -OCH3 is 1. The van der Waals surface area contributed by atoms with Crippen LogP contribution in [0.1, 0.15) is 0 Å². The van der Waals surface area contributed by atoms with Crippen molar-refractivity contribution in [2.24, 2.45) is 0 Å². The van der Waals surface area contributed by atoms with Crippen LogP contribution in [-0.4, -0.2) is 57.3 Å². The molecular formula is C12H18N2O5S. The number of benzene rings is 1. The molecule has 8 heteroatoms. The maximum Gasteiger partial charge on any atom is 0.246 e. The van der Waals surface area contributed by atoms with Crippen LogP contribution in [0.2, 0.25) is 0 Å². The third-order valence-electron chi connectivity index (χ3n) is 3.11. The van der Waals surface area contributed by atoms with Gasteiger partial charge in [0.05, 0.1) is 26.4 Å². The summed E-state index contributed by atoms with van der Waals surface area (Å²) < 4.78 is 36.8. The predicted molar refractivity (Wildman–Crippen MR) is 73.0 cm³/mol. The Morgan fingerprint density at radius 1 is 1.55 bits per heavy atom. The molecule has 0 saturated carbocycles. The first kappa shape index (κ1) is 15.0. The number of morpholine rings is 1. The summed E-state index contributed by atoms with van der Waals surface area (Å²) in [5, 5.41) is 9.09. The van der Waals surface area contributed by atoms with Gasteiger partial charge in [0, 0.05) is 24.8 Å². The Morgan fingerprint density at radius 2 is 2.30 bits per heavy atom. The topological polar surface area (TPSA) is 102 Å². The van der Waals surface area contributed by atoms with E-state index in [0.29, 0.717) is 5.69 Å². The lowest BCUT2D eigenvalue weighted by Gasteiger charge is -2.31. The number of anilines is 1. The Morgan fingerprint density at radius 3 is 2.95 bits per heavy atom. The van der Waals surface area contributed by atoms with Gasteiger partial charge in [0.15, 0.2) is 0 Å². The average Bonchev–Trinajstić information content (AvgIpc) is 2.46. The van der Waals surface area contributed by atoms with Gasteiger partial charge >= 0.3 is 0 Å². The average molecular weight is 302 g/mol. The number of hydrogen-bond acceptors (Lipinski definition) is 6. The van der Waals surface area contributed by atoms with Crippen molar-refractivity contribution in [3.05, 3.63) is 18.2 Å². The van der Waals surface area contributed by atoms with Crippen LogP contribution >= 0.6 is 0 Å². The maximum atomic E-state index is 12.6. The number of nitrogens with two attached hydrogens (primary N) is 1. The highest BCUT2D eigenvalue weighted by atomic mass is 32.2. The van der Waals surface area contributed by atoms with Gasteiger partial charge in [-0.2, -0.15) is 4.31 Å². The molecule has 1 aromatic carbocycles. The third kappa shape index (κ3) is 2.88. The zero-order valence-corrected chi connectivity index (χ0v) is 12.0. The van der Waals surface area contributed by atoms with Crippen molar-refractivity contribution in [3.8, 4) is 5.75 Å². The molecule has 7 nitrogen and oxygen atoms in total. The molecule has 0 spiro atoms. The molecule has 0 radical (unpaired) electrons. The van der Waals surface area contributed by atoms with Crippen LogP contribution in [0.3, 0.4) is 0 Å². The van der Waals surface area contributed by atoms with Gasteiger partial charge < -0.3 is 20.3 Å². The zero-order valence-electron chi connectivity index (χ0n) is 11.2. The highest BCUT2D eigenvalue weighted by Crippen LogP contribution is 2.29. The van der Waals surface area contributed by atoms with Gasteiger partial charge in [0.25, 0.3) is 0 Å². The predicted octanol–water partition coefficient (Wildman–Crippen LogP) is -0.341. The molecule has 0 aromatic heterocycles. The van der Waals surface area contributed by atoms with E-state index in [-0.39, 0.29) is 36.9 Å². The first-order valence-corrected chi connectivity index (χ1v) is 7.59. The molecule has 0 bridgehead atoms. The summed E-state index contributed by atoms with van der Waals surface area (Å²) in [4.78, 5) is 0.0628. The molecule has 0 aliphatic carbocycles. The molecular weight excluding hydrogens is 284 g/mol. The number of nitrogens with zero attached hydrogens (tertiary/aromatic N) is 1. The molecule has 1 atom stereocenters. The molecule has 1 aliphatic heterocycles. The van der Waals surface area contributed by atoms with E-state index in [9.17, 15) is 8.42 Å². The second-order valence-corrected chi connectivity index (χ2v) is 6.36. The molecule has 20 heavy (non-hydrogen) atoms. The van der Waals surface area contributed by atoms with Crippen molar-refractivity contribution in [2.45, 2.75) is 11.0 Å². The number of rotatable bonds is 4. The number of aliphatic hydroxyl groups is 1. The summed E-state index contributed by atoms with van der Waals surface area (Å²) >= 11 is 0. The lowest BCUT2D eigenvalue weighted by Crippen LogP contribution is -2.46. The fourth-order valence-electron chi connectivity index (χ4n) is 2.06. The van der Waals surface area contributed by atoms with Crippen LogP contribution in [-0.2, 0) is 14.8 Å². The van der Waals surface area contributed by atoms with E-state index in [1.165, 1.54) is 29.6 Å². The standard InChI is InChI=1S/C12H18N2O5S/c1-18-11-6-9(13)2-3-12(11)20(16,17)14-4-5-19-10(7-14)8-15/h2-3,6,10,15H,4-5,7-8,13H2,1H3. The summed E-state index contributed by atoms with van der Waals surface area (Å²) in [5.41, 5.74) is 6.05. The van der Waals surface area contributed by atoms with Gasteiger partial charge in [-0.15, -0.1) is 0 Å². The summed E-state index contributed by atoms with van der Waals surface area (Å²) in [5.74, 6) is 0.206. The SMILES string of the molecule is COc1cc(N)ccc1S(=O)(=O)N1CCOC(CO)C1. The molecule has 1 unspecified atom stereocenters. The van der Waals surface area contributed by atoms with Crippen LogP contribution < -0.4 is 10.5 Å². The van der Waals surface area contributed by atoms with Crippen molar-refractivity contribution < 1.29 is 23.0 Å². The number of ether oxygens (including phenoxy) is 2. The van der Waals surface area contributed by atoms with Gasteiger partial charge in [-0.1, -0.05) is 0 Å². The number of hydrogen-bond donors (Lipinski definition) is 2. The number of nitrogen functional groups attached to an aromatic ring is 1. The Hall–Kier alpha value is -1.35. The molecule has 1 aromatic rings. The minimum atomic E-state index is -3.70. The van der Waals surface area contributed by atoms with Crippen LogP contribution in [0.15, 0.2) is 23.1 Å². The minimum Gasteiger partial charge on any atom is -0.495 e. The first-order chi connectivity index (χ1) is 9.48. The highest BCUT2D eigenvalue weighted by molar-refractivity contribution is 7.89. The van der Waals surface area contributed by atoms with Crippen LogP contribution in [0.25, 0.3) is 0 Å². The molecule has 1 aliphatic rings. The van der Waals surface area contributed by atoms with E-state index in [4.69, 9.17) is 20.3 Å². The van der Waals surface area contributed by atoms with Crippen molar-refractivity contribution in [1.82, 2.24) is 4.31 Å². The first-order valence-electron chi connectivity index (χ1n) is 6.15. The van der Waals surface area contributed by atoms with Gasteiger partial charge in [-0.3, -0.25) is 0 Å². The fourth-order valence-corrected chi connectivity index (χ4v) is 3.65. The van der Waals surface area contributed by atoms with Gasteiger partial charge in [-0.25, -0.2) is 8.42 Å². The lowest BCUT2D eigenvalue weighted by molar-refractivity contribution is -0.0304. The van der Waals surface area contributed by atoms with E-state index in [1.54, 1.807) is 0 Å². The van der Waals surface area contributed by atoms with Crippen molar-refractivity contribution >= 4 is 15.7 Å². The molecule has 1 saturated heterocycles. The normalized spacial score (nSPS) is 20.8. The second kappa shape index (κ2) is 5.96. The van der Waals surface area contributed by atoms with Gasteiger partial charge in [0.2, 0.25) is 10.0 Å². The van der Waals surface area contributed by atoms with Crippen molar-refractivity contribution in [3.63, 3.8) is 0 Å². The van der Waals surface area contributed by atoms with Crippen LogP contribution in [0.5, 0.6) is 5.75 Å². The van der Waals surface area contributed by atoms with E-state index in [0.717, 1.165) is 0 Å². The number of aliphatic hydroxyl groups excluding tert-OH is 1. The van der Waals surface area contributed by atoms with Crippen LogP contribution in [0.4, 0.5) is 5.69 Å². The van der Waals surface area contributed by atoms with Gasteiger partial charge in [0.1, 0.15) is 10.6 Å². The Labute approximate surface area is 117 Å². The summed E-state index contributed by atoms with van der Waals surface area (Å²) in [7, 11) is -2.31. The number of sulfonamides is 1. The van der Waals surface area contributed by atoms with Gasteiger partial charge in [-0.05, 0) is 12.1 Å². The third-order valence-corrected chi connectivity index (χ3v) is 5.02. The molecule has 112 valence electrons. The zero-order chi connectivity index (χ0) is 14.8. The Bertz CT molecular complexity index is 575. The summed E-state index contributed by atoms with van der Waals surface area (Å²) in [6, 6.07) is 4.41. The molecule has 2 rings (SSSR count). The molecule has 1 heterocycles. The van der Waals surface area contributed by atoms with Crippen LogP contribution in [0, 0.1) is 0 Å². The molecule has 3 N–H and O–H groups in total. The lowest BCUT2D eigenvalue weighted by atomic mass is 10.3. The van der Waals surface area contributed by atoms with Crippen molar-refractivity contribution in [1.29, 1.82) is 0 Å². The minimum absolute atomic E-state index is 0.0628. The summed E-state index contributed by atoms with van der Waals surface area (Å²) in [6.45, 7) is 0.394. The second-order valence-electron chi connectivity index (χ2n) is 4.45. The smallest absolute Gasteiger partial charge is 0.246 e. The maximum absolute atomic E-state index is 12.6. The van der Waals surface area contributed by atoms with E-state index < -0.39 is 16.1 Å². The quantitative estimate of drug-likeness (QED) is 0.738. The van der Waals surface area contributed by atoms with E-state index in [2.05, 4.69) is 0 Å². The largest absolute Gasteiger partial charge is 0.495 e. The monoisotopic (exact) mass is 302 g/mol. The highest BCUT2D eigenvalue weighted by Gasteiger charge is 2.32. The fraction of sp³-hybridized carbons (Fsp3) is 0.500. The summed E-state index contributed by atoms with van der Waals surface area (Å²) in [6.07, 6.45) is -0.502. The van der Waals surface area contributed by atoms with E-state index in [1.807, 2.05) is 0 Å².